The molecule has 2 N–H and O–H groups in total. The van der Waals surface area contributed by atoms with Crippen LogP contribution in [0.4, 0.5) is 0 Å². The fraction of sp³-hybridized carbons (Fsp3) is 0.636. The highest BCUT2D eigenvalue weighted by Gasteiger charge is 2.42. The summed E-state index contributed by atoms with van der Waals surface area (Å²) in [6.07, 6.45) is 0.655. The number of nitrogens with one attached hydrogen (secondary N) is 2. The van der Waals surface area contributed by atoms with Crippen LogP contribution in [0.2, 0.25) is 0 Å². The van der Waals surface area contributed by atoms with E-state index in [0.29, 0.717) is 25.3 Å². The monoisotopic (exact) mass is 251 g/mol. The highest BCUT2D eigenvalue weighted by molar-refractivity contribution is 5.92. The van der Waals surface area contributed by atoms with Crippen LogP contribution < -0.4 is 5.32 Å². The zero-order chi connectivity index (χ0) is 13.3. The molecule has 0 aliphatic carbocycles. The van der Waals surface area contributed by atoms with Crippen LogP contribution in [0.3, 0.4) is 0 Å². The number of likely N-dealkylation sites (tertiary alicyclic amines) is 1. The number of carbonyl (C=O) groups is 2. The molecule has 7 nitrogen and oxygen atoms in total. The molecule has 1 fully saturated rings. The van der Waals surface area contributed by atoms with Crippen molar-refractivity contribution >= 4 is 11.8 Å². The second kappa shape index (κ2) is 4.40. The fourth-order valence-electron chi connectivity index (χ4n) is 2.20. The molecule has 1 saturated heterocycles. The third-order valence-electron chi connectivity index (χ3n) is 3.32. The van der Waals surface area contributed by atoms with Gasteiger partial charge in [0.05, 0.1) is 5.41 Å². The van der Waals surface area contributed by atoms with E-state index in [1.54, 1.807) is 18.9 Å². The molecule has 1 aromatic heterocycles. The molecule has 98 valence electrons. The zero-order valence-electron chi connectivity index (χ0n) is 10.8. The second-order valence-corrected chi connectivity index (χ2v) is 4.86. The Kier molecular flexibility index (Phi) is 3.06. The van der Waals surface area contributed by atoms with Gasteiger partial charge in [-0.05, 0) is 20.3 Å². The average molecular weight is 251 g/mol. The zero-order valence-corrected chi connectivity index (χ0v) is 10.8. The highest BCUT2D eigenvalue weighted by atomic mass is 16.2. The molecule has 2 heterocycles. The minimum absolute atomic E-state index is 0.0380. The van der Waals surface area contributed by atoms with Gasteiger partial charge in [-0.15, -0.1) is 5.10 Å². The molecule has 0 spiro atoms. The van der Waals surface area contributed by atoms with Crippen LogP contribution in [0.1, 0.15) is 29.8 Å². The van der Waals surface area contributed by atoms with Gasteiger partial charge in [0.15, 0.2) is 0 Å². The summed E-state index contributed by atoms with van der Waals surface area (Å²) in [5.74, 6) is 0.496. The Balaban J connectivity index is 2.09. The molecule has 1 unspecified atom stereocenters. The third-order valence-corrected chi connectivity index (χ3v) is 3.32. The van der Waals surface area contributed by atoms with Crippen molar-refractivity contribution in [2.75, 3.05) is 20.1 Å². The number of rotatable bonds is 2. The van der Waals surface area contributed by atoms with Crippen LogP contribution in [-0.4, -0.2) is 52.0 Å². The molecule has 1 aliphatic rings. The van der Waals surface area contributed by atoms with E-state index in [1.165, 1.54) is 0 Å². The van der Waals surface area contributed by atoms with Gasteiger partial charge < -0.3 is 10.2 Å². The van der Waals surface area contributed by atoms with E-state index in [4.69, 9.17) is 0 Å². The number of hydrogen-bond acceptors (Lipinski definition) is 4. The van der Waals surface area contributed by atoms with Gasteiger partial charge in [-0.1, -0.05) is 0 Å². The third kappa shape index (κ3) is 2.07. The summed E-state index contributed by atoms with van der Waals surface area (Å²) in [5, 5.41) is 9.12. The Labute approximate surface area is 105 Å². The van der Waals surface area contributed by atoms with Gasteiger partial charge in [0, 0.05) is 20.1 Å². The molecule has 18 heavy (non-hydrogen) atoms. The predicted molar refractivity (Wildman–Crippen MR) is 63.8 cm³/mol. The maximum absolute atomic E-state index is 12.1. The van der Waals surface area contributed by atoms with Crippen LogP contribution in [0.15, 0.2) is 0 Å². The van der Waals surface area contributed by atoms with E-state index < -0.39 is 5.41 Å². The Morgan fingerprint density at radius 1 is 1.50 bits per heavy atom. The van der Waals surface area contributed by atoms with E-state index in [-0.39, 0.29) is 17.6 Å². The van der Waals surface area contributed by atoms with Gasteiger partial charge in [-0.2, -0.15) is 0 Å². The van der Waals surface area contributed by atoms with Crippen molar-refractivity contribution in [3.63, 3.8) is 0 Å². The Morgan fingerprint density at radius 2 is 2.22 bits per heavy atom. The Morgan fingerprint density at radius 3 is 2.78 bits per heavy atom. The lowest BCUT2D eigenvalue weighted by Gasteiger charge is -2.22. The molecule has 2 rings (SSSR count). The van der Waals surface area contributed by atoms with Crippen molar-refractivity contribution < 1.29 is 9.59 Å². The first-order valence-corrected chi connectivity index (χ1v) is 5.87. The van der Waals surface area contributed by atoms with Crippen molar-refractivity contribution in [2.45, 2.75) is 20.3 Å². The summed E-state index contributed by atoms with van der Waals surface area (Å²) in [7, 11) is 1.61. The first-order chi connectivity index (χ1) is 8.46. The lowest BCUT2D eigenvalue weighted by atomic mass is 9.89. The molecule has 7 heteroatoms. The first-order valence-electron chi connectivity index (χ1n) is 5.87. The van der Waals surface area contributed by atoms with Gasteiger partial charge in [0.1, 0.15) is 5.82 Å². The van der Waals surface area contributed by atoms with Crippen LogP contribution in [0.25, 0.3) is 0 Å². The van der Waals surface area contributed by atoms with Crippen molar-refractivity contribution in [1.29, 1.82) is 0 Å². The summed E-state index contributed by atoms with van der Waals surface area (Å²) in [5.41, 5.74) is -0.518. The summed E-state index contributed by atoms with van der Waals surface area (Å²) >= 11 is 0. The smallest absolute Gasteiger partial charge is 0.293 e. The number of hydrogen-bond donors (Lipinski definition) is 2. The van der Waals surface area contributed by atoms with Crippen molar-refractivity contribution in [3.05, 3.63) is 11.6 Å². The average Bonchev–Trinajstić information content (AvgIpc) is 2.95. The molecule has 0 aromatic carbocycles. The predicted octanol–water partition coefficient (Wildman–Crippen LogP) is -0.289. The minimum Gasteiger partial charge on any atom is -0.359 e. The largest absolute Gasteiger partial charge is 0.359 e. The van der Waals surface area contributed by atoms with E-state index >= 15 is 0 Å². The molecule has 0 bridgehead atoms. The SMILES string of the molecule is CNC(=O)C1(C)CCN(C(=O)c2n[nH]c(C)n2)C1. The van der Waals surface area contributed by atoms with Crippen LogP contribution in [-0.2, 0) is 4.79 Å². The number of H-pyrrole nitrogens is 1. The van der Waals surface area contributed by atoms with E-state index in [1.807, 2.05) is 6.92 Å². The summed E-state index contributed by atoms with van der Waals surface area (Å²) in [6.45, 7) is 4.56. The summed E-state index contributed by atoms with van der Waals surface area (Å²) < 4.78 is 0. The molecule has 0 saturated carbocycles. The molecule has 1 aromatic rings. The number of nitrogens with zero attached hydrogens (tertiary/aromatic N) is 3. The van der Waals surface area contributed by atoms with E-state index in [9.17, 15) is 9.59 Å². The van der Waals surface area contributed by atoms with Gasteiger partial charge >= 0.3 is 0 Å². The van der Waals surface area contributed by atoms with Crippen LogP contribution in [0, 0.1) is 12.3 Å². The van der Waals surface area contributed by atoms with Crippen LogP contribution >= 0.6 is 0 Å². The molecule has 2 amide bonds. The maximum atomic E-state index is 12.1. The molecule has 1 atom stereocenters. The summed E-state index contributed by atoms with van der Waals surface area (Å²) in [4.78, 5) is 29.5. The quantitative estimate of drug-likeness (QED) is 0.755. The molecular weight excluding hydrogens is 234 g/mol. The lowest BCUT2D eigenvalue weighted by molar-refractivity contribution is -0.128. The second-order valence-electron chi connectivity index (χ2n) is 4.86. The first kappa shape index (κ1) is 12.5. The van der Waals surface area contributed by atoms with Gasteiger partial charge in [-0.25, -0.2) is 4.98 Å². The van der Waals surface area contributed by atoms with Crippen molar-refractivity contribution in [1.82, 2.24) is 25.4 Å². The minimum atomic E-state index is -0.518. The standard InChI is InChI=1S/C11H17N5O2/c1-7-13-8(15-14-7)9(17)16-5-4-11(2,6-16)10(18)12-3/h4-6H2,1-3H3,(H,12,18)(H,13,14,15). The van der Waals surface area contributed by atoms with Gasteiger partial charge in [0.25, 0.3) is 5.91 Å². The summed E-state index contributed by atoms with van der Waals surface area (Å²) in [6, 6.07) is 0. The van der Waals surface area contributed by atoms with Crippen LogP contribution in [0.5, 0.6) is 0 Å². The molecular formula is C11H17N5O2. The normalized spacial score (nSPS) is 23.2. The highest BCUT2D eigenvalue weighted by Crippen LogP contribution is 2.30. The van der Waals surface area contributed by atoms with Crippen molar-refractivity contribution in [2.24, 2.45) is 5.41 Å². The topological polar surface area (TPSA) is 91.0 Å². The van der Waals surface area contributed by atoms with E-state index in [0.717, 1.165) is 0 Å². The Bertz CT molecular complexity index is 484. The number of aromatic nitrogens is 3. The lowest BCUT2D eigenvalue weighted by Crippen LogP contribution is -2.40. The molecule has 1 aliphatic heterocycles. The Hall–Kier alpha value is -1.92. The number of aryl methyl sites for hydroxylation is 1. The van der Waals surface area contributed by atoms with Gasteiger partial charge in [0.2, 0.25) is 11.7 Å². The van der Waals surface area contributed by atoms with Gasteiger partial charge in [-0.3, -0.25) is 14.7 Å². The van der Waals surface area contributed by atoms with Crippen molar-refractivity contribution in [3.8, 4) is 0 Å². The molecule has 0 radical (unpaired) electrons. The number of aromatic amines is 1. The number of amides is 2. The fourth-order valence-corrected chi connectivity index (χ4v) is 2.20. The maximum Gasteiger partial charge on any atom is 0.293 e. The number of carbonyl (C=O) groups excluding carboxylic acids is 2. The van der Waals surface area contributed by atoms with E-state index in [2.05, 4.69) is 20.5 Å².